The Kier molecular flexibility index (Phi) is 2.07. The number of carboxylic acid groups (broad SMARTS) is 1. The lowest BCUT2D eigenvalue weighted by atomic mass is 10.5. The molecule has 1 aromatic rings. The third kappa shape index (κ3) is 1.65. The van der Waals surface area contributed by atoms with E-state index >= 15 is 0 Å². The first kappa shape index (κ1) is 7.01. The number of rotatable bonds is 1. The lowest BCUT2D eigenvalue weighted by Crippen LogP contribution is -1.89. The van der Waals surface area contributed by atoms with Gasteiger partial charge in [0.15, 0.2) is 0 Å². The Bertz CT molecular complexity index is 231. The molecule has 0 amide bonds. The highest BCUT2D eigenvalue weighted by Crippen LogP contribution is 2.15. The second-order valence-corrected chi connectivity index (χ2v) is 3.59. The summed E-state index contributed by atoms with van der Waals surface area (Å²) in [6.45, 7) is 0. The fourth-order valence-electron chi connectivity index (χ4n) is 0.425. The van der Waals surface area contributed by atoms with E-state index in [4.69, 9.17) is 5.11 Å². The molecular weight excluding hydrogens is 251 g/mol. The van der Waals surface area contributed by atoms with Crippen molar-refractivity contribution in [1.82, 2.24) is 0 Å². The Morgan fingerprint density at radius 3 is 2.67 bits per heavy atom. The SMILES string of the molecule is O=C(O)c1cc(I)cs1. The van der Waals surface area contributed by atoms with Gasteiger partial charge in [-0.15, -0.1) is 11.3 Å². The van der Waals surface area contributed by atoms with E-state index in [0.717, 1.165) is 3.57 Å². The van der Waals surface area contributed by atoms with Crippen LogP contribution in [0.3, 0.4) is 0 Å². The highest BCUT2D eigenvalue weighted by Gasteiger charge is 2.03. The van der Waals surface area contributed by atoms with Crippen molar-refractivity contribution < 1.29 is 9.90 Å². The summed E-state index contributed by atoms with van der Waals surface area (Å²) < 4.78 is 0.981. The van der Waals surface area contributed by atoms with Gasteiger partial charge < -0.3 is 5.11 Å². The molecule has 0 bridgehead atoms. The van der Waals surface area contributed by atoms with Crippen LogP contribution in [-0.2, 0) is 0 Å². The predicted molar refractivity (Wildman–Crippen MR) is 44.0 cm³/mol. The van der Waals surface area contributed by atoms with Gasteiger partial charge in [-0.2, -0.15) is 0 Å². The van der Waals surface area contributed by atoms with Gasteiger partial charge in [-0.25, -0.2) is 4.79 Å². The van der Waals surface area contributed by atoms with Crippen LogP contribution < -0.4 is 0 Å². The number of carbonyl (C=O) groups is 1. The molecule has 0 atom stereocenters. The fourth-order valence-corrected chi connectivity index (χ4v) is 1.93. The van der Waals surface area contributed by atoms with E-state index in [2.05, 4.69) is 22.6 Å². The summed E-state index contributed by atoms with van der Waals surface area (Å²) in [5, 5.41) is 10.2. The van der Waals surface area contributed by atoms with E-state index < -0.39 is 5.97 Å². The third-order valence-electron chi connectivity index (χ3n) is 0.778. The number of hydrogen-bond donors (Lipinski definition) is 1. The maximum atomic E-state index is 10.2. The standard InChI is InChI=1S/C5H3IO2S/c6-3-1-4(5(7)8)9-2-3/h1-2H,(H,7,8). The molecule has 1 heterocycles. The monoisotopic (exact) mass is 254 g/mol. The van der Waals surface area contributed by atoms with Crippen molar-refractivity contribution in [2.45, 2.75) is 0 Å². The van der Waals surface area contributed by atoms with Crippen molar-refractivity contribution in [3.05, 3.63) is 19.9 Å². The molecule has 1 N–H and O–H groups in total. The zero-order valence-electron chi connectivity index (χ0n) is 4.30. The van der Waals surface area contributed by atoms with E-state index in [1.807, 2.05) is 5.38 Å². The summed E-state index contributed by atoms with van der Waals surface area (Å²) in [7, 11) is 0. The molecule has 0 fully saturated rings. The van der Waals surface area contributed by atoms with Gasteiger partial charge in [0.1, 0.15) is 4.88 Å². The van der Waals surface area contributed by atoms with Crippen molar-refractivity contribution in [2.75, 3.05) is 0 Å². The molecule has 0 saturated carbocycles. The average Bonchev–Trinajstić information content (AvgIpc) is 2.14. The summed E-state index contributed by atoms with van der Waals surface area (Å²) >= 11 is 3.33. The highest BCUT2D eigenvalue weighted by atomic mass is 127. The average molecular weight is 254 g/mol. The van der Waals surface area contributed by atoms with Crippen LogP contribution in [-0.4, -0.2) is 11.1 Å². The second kappa shape index (κ2) is 2.66. The summed E-state index contributed by atoms with van der Waals surface area (Å²) in [5.74, 6) is -0.845. The smallest absolute Gasteiger partial charge is 0.345 e. The predicted octanol–water partition coefficient (Wildman–Crippen LogP) is 2.05. The first-order valence-corrected chi connectivity index (χ1v) is 4.13. The first-order chi connectivity index (χ1) is 4.20. The Morgan fingerprint density at radius 2 is 2.44 bits per heavy atom. The molecule has 0 aliphatic carbocycles. The molecule has 0 aromatic carbocycles. The minimum absolute atomic E-state index is 0.402. The van der Waals surface area contributed by atoms with E-state index in [-0.39, 0.29) is 0 Å². The summed E-state index contributed by atoms with van der Waals surface area (Å²) in [4.78, 5) is 10.6. The zero-order chi connectivity index (χ0) is 6.85. The zero-order valence-corrected chi connectivity index (χ0v) is 7.27. The lowest BCUT2D eigenvalue weighted by Gasteiger charge is -1.79. The van der Waals surface area contributed by atoms with E-state index in [1.54, 1.807) is 6.07 Å². The fraction of sp³-hybridized carbons (Fsp3) is 0. The molecule has 0 aliphatic heterocycles. The van der Waals surface area contributed by atoms with Crippen LogP contribution in [0.5, 0.6) is 0 Å². The quantitative estimate of drug-likeness (QED) is 0.779. The number of thiophene rings is 1. The van der Waals surface area contributed by atoms with Crippen molar-refractivity contribution in [3.8, 4) is 0 Å². The molecule has 2 nitrogen and oxygen atoms in total. The molecule has 0 unspecified atom stereocenters. The van der Waals surface area contributed by atoms with Crippen molar-refractivity contribution in [1.29, 1.82) is 0 Å². The van der Waals surface area contributed by atoms with Crippen molar-refractivity contribution in [3.63, 3.8) is 0 Å². The molecule has 1 aromatic heterocycles. The number of hydrogen-bond acceptors (Lipinski definition) is 2. The van der Waals surface area contributed by atoms with Gasteiger partial charge in [0.2, 0.25) is 0 Å². The maximum Gasteiger partial charge on any atom is 0.345 e. The first-order valence-electron chi connectivity index (χ1n) is 2.17. The number of carboxylic acids is 1. The molecule has 48 valence electrons. The Balaban J connectivity index is 2.98. The topological polar surface area (TPSA) is 37.3 Å². The van der Waals surface area contributed by atoms with Crippen LogP contribution in [0.4, 0.5) is 0 Å². The van der Waals surface area contributed by atoms with Crippen molar-refractivity contribution in [2.24, 2.45) is 0 Å². The van der Waals surface area contributed by atoms with Crippen LogP contribution in [0.25, 0.3) is 0 Å². The molecule has 0 saturated heterocycles. The van der Waals surface area contributed by atoms with Crippen LogP contribution in [0, 0.1) is 3.57 Å². The molecule has 1 rings (SSSR count). The molecule has 9 heavy (non-hydrogen) atoms. The van der Waals surface area contributed by atoms with Crippen LogP contribution >= 0.6 is 33.9 Å². The molecule has 4 heteroatoms. The van der Waals surface area contributed by atoms with Crippen LogP contribution in [0.2, 0.25) is 0 Å². The van der Waals surface area contributed by atoms with E-state index in [0.29, 0.717) is 4.88 Å². The van der Waals surface area contributed by atoms with Crippen LogP contribution in [0.15, 0.2) is 11.4 Å². The third-order valence-corrected chi connectivity index (χ3v) is 2.74. The normalized spacial score (nSPS) is 9.44. The Hall–Kier alpha value is -0.100. The van der Waals surface area contributed by atoms with Gasteiger partial charge in [-0.1, -0.05) is 0 Å². The van der Waals surface area contributed by atoms with Gasteiger partial charge in [0.25, 0.3) is 0 Å². The van der Waals surface area contributed by atoms with E-state index in [9.17, 15) is 4.79 Å². The maximum absolute atomic E-state index is 10.2. The summed E-state index contributed by atoms with van der Waals surface area (Å²) in [6.07, 6.45) is 0. The van der Waals surface area contributed by atoms with E-state index in [1.165, 1.54) is 11.3 Å². The van der Waals surface area contributed by atoms with Crippen LogP contribution in [0.1, 0.15) is 9.67 Å². The summed E-state index contributed by atoms with van der Waals surface area (Å²) in [5.41, 5.74) is 0. The number of halogens is 1. The minimum Gasteiger partial charge on any atom is -0.477 e. The molecular formula is C5H3IO2S. The summed E-state index contributed by atoms with van der Waals surface area (Å²) in [6, 6.07) is 1.65. The highest BCUT2D eigenvalue weighted by molar-refractivity contribution is 14.1. The van der Waals surface area contributed by atoms with Gasteiger partial charge >= 0.3 is 5.97 Å². The van der Waals surface area contributed by atoms with Gasteiger partial charge in [-0.3, -0.25) is 0 Å². The Labute approximate surface area is 69.7 Å². The van der Waals surface area contributed by atoms with Gasteiger partial charge in [0, 0.05) is 8.95 Å². The molecule has 0 aliphatic rings. The Morgan fingerprint density at radius 1 is 1.78 bits per heavy atom. The van der Waals surface area contributed by atoms with Gasteiger partial charge in [0.05, 0.1) is 0 Å². The van der Waals surface area contributed by atoms with Gasteiger partial charge in [-0.05, 0) is 28.7 Å². The molecule has 0 spiro atoms. The largest absolute Gasteiger partial charge is 0.477 e. The molecule has 0 radical (unpaired) electrons. The second-order valence-electron chi connectivity index (χ2n) is 1.43. The minimum atomic E-state index is -0.845. The lowest BCUT2D eigenvalue weighted by molar-refractivity contribution is 0.0702. The van der Waals surface area contributed by atoms with Crippen molar-refractivity contribution >= 4 is 39.9 Å². The number of aromatic carboxylic acids is 1.